The summed E-state index contributed by atoms with van der Waals surface area (Å²) in [6.07, 6.45) is 2.65. The van der Waals surface area contributed by atoms with Gasteiger partial charge in [-0.15, -0.1) is 11.3 Å². The van der Waals surface area contributed by atoms with Gasteiger partial charge in [-0.3, -0.25) is 9.59 Å². The van der Waals surface area contributed by atoms with Crippen LogP contribution in [0.1, 0.15) is 50.8 Å². The quantitative estimate of drug-likeness (QED) is 0.403. The van der Waals surface area contributed by atoms with Crippen LogP contribution in [0.2, 0.25) is 5.02 Å². The molecule has 0 bridgehead atoms. The Labute approximate surface area is 215 Å². The van der Waals surface area contributed by atoms with Crippen molar-refractivity contribution >= 4 is 34.8 Å². The molecule has 1 aromatic heterocycles. The molecule has 0 N–H and O–H groups in total. The number of carbonyl (C=O) groups is 2. The van der Waals surface area contributed by atoms with Crippen molar-refractivity contribution in [3.8, 4) is 5.75 Å². The van der Waals surface area contributed by atoms with Crippen molar-refractivity contribution in [3.05, 3.63) is 86.1 Å². The molecule has 35 heavy (non-hydrogen) atoms. The molecule has 0 spiro atoms. The Morgan fingerprint density at radius 2 is 1.94 bits per heavy atom. The summed E-state index contributed by atoms with van der Waals surface area (Å²) < 4.78 is 6.25. The summed E-state index contributed by atoms with van der Waals surface area (Å²) in [4.78, 5) is 31.9. The number of halogens is 1. The molecule has 5 rings (SSSR count). The first kappa shape index (κ1) is 23.9. The Morgan fingerprint density at radius 3 is 2.69 bits per heavy atom. The second-order valence-corrected chi connectivity index (χ2v) is 10.8. The van der Waals surface area contributed by atoms with E-state index < -0.39 is 0 Å². The van der Waals surface area contributed by atoms with Gasteiger partial charge < -0.3 is 14.5 Å². The number of hydrogen-bond donors (Lipinski definition) is 0. The average Bonchev–Trinajstić information content (AvgIpc) is 3.57. The Morgan fingerprint density at radius 1 is 1.14 bits per heavy atom. The molecule has 5 nitrogen and oxygen atoms in total. The lowest BCUT2D eigenvalue weighted by atomic mass is 10.00. The van der Waals surface area contributed by atoms with E-state index in [1.165, 1.54) is 10.4 Å². The van der Waals surface area contributed by atoms with Crippen molar-refractivity contribution in [2.75, 3.05) is 19.7 Å². The van der Waals surface area contributed by atoms with E-state index in [0.717, 1.165) is 36.1 Å². The first-order chi connectivity index (χ1) is 16.9. The summed E-state index contributed by atoms with van der Waals surface area (Å²) in [7, 11) is 0. The second-order valence-electron chi connectivity index (χ2n) is 9.38. The highest BCUT2D eigenvalue weighted by molar-refractivity contribution is 7.10. The first-order valence-electron chi connectivity index (χ1n) is 12.0. The summed E-state index contributed by atoms with van der Waals surface area (Å²) in [5.41, 5.74) is 3.86. The van der Waals surface area contributed by atoms with Crippen LogP contribution in [0.5, 0.6) is 5.75 Å². The predicted molar refractivity (Wildman–Crippen MR) is 139 cm³/mol. The lowest BCUT2D eigenvalue weighted by molar-refractivity contribution is -0.135. The fraction of sp³-hybridized carbons (Fsp3) is 0.357. The van der Waals surface area contributed by atoms with Crippen molar-refractivity contribution < 1.29 is 14.3 Å². The summed E-state index contributed by atoms with van der Waals surface area (Å²) in [6.45, 7) is 5.14. The fourth-order valence-corrected chi connectivity index (χ4v) is 5.93. The molecular weight excluding hydrogens is 480 g/mol. The van der Waals surface area contributed by atoms with Crippen molar-refractivity contribution in [3.63, 3.8) is 0 Å². The minimum atomic E-state index is -0.185. The van der Waals surface area contributed by atoms with Crippen molar-refractivity contribution in [2.24, 2.45) is 0 Å². The van der Waals surface area contributed by atoms with E-state index in [4.69, 9.17) is 16.3 Å². The molecule has 1 aliphatic carbocycles. The summed E-state index contributed by atoms with van der Waals surface area (Å²) in [5.74, 6) is 0.602. The van der Waals surface area contributed by atoms with Gasteiger partial charge in [0.05, 0.1) is 16.6 Å². The Kier molecular flexibility index (Phi) is 6.85. The number of rotatable bonds is 7. The van der Waals surface area contributed by atoms with Gasteiger partial charge >= 0.3 is 0 Å². The number of nitrogens with zero attached hydrogens (tertiary/aromatic N) is 2. The first-order valence-corrected chi connectivity index (χ1v) is 13.3. The van der Waals surface area contributed by atoms with Crippen LogP contribution in [0, 0.1) is 13.8 Å². The molecule has 2 aliphatic rings. The molecule has 0 unspecified atom stereocenters. The number of hydrogen-bond acceptors (Lipinski definition) is 4. The van der Waals surface area contributed by atoms with Crippen LogP contribution in [-0.4, -0.2) is 47.4 Å². The number of aryl methyl sites for hydroxylation is 2. The lowest BCUT2D eigenvalue weighted by Crippen LogP contribution is -2.48. The number of fused-ring (bicyclic) bond motifs is 1. The topological polar surface area (TPSA) is 49.9 Å². The standard InChI is InChI=1S/C28H29ClN2O3S/c1-18-7-10-25(19(2)15-18)34-17-24-22-12-14-35-26(22)11-13-30(24)27(32)16-31(20-8-9-20)28(33)21-5-3-4-6-23(21)29/h3-7,10,12,14-15,20,24H,8-9,11,13,16-17H2,1-2H3/t24-/m0/s1. The molecule has 1 saturated carbocycles. The van der Waals surface area contributed by atoms with E-state index in [9.17, 15) is 9.59 Å². The molecule has 3 aromatic rings. The monoisotopic (exact) mass is 508 g/mol. The average molecular weight is 509 g/mol. The van der Waals surface area contributed by atoms with Crippen LogP contribution in [0.25, 0.3) is 0 Å². The Bertz CT molecular complexity index is 1250. The number of ether oxygens (including phenoxy) is 1. The second kappa shape index (κ2) is 10.0. The molecule has 0 saturated heterocycles. The zero-order valence-corrected chi connectivity index (χ0v) is 21.6. The fourth-order valence-electron chi connectivity index (χ4n) is 4.78. The molecule has 2 heterocycles. The molecule has 1 atom stereocenters. The van der Waals surface area contributed by atoms with E-state index in [2.05, 4.69) is 24.4 Å². The van der Waals surface area contributed by atoms with Gasteiger partial charge in [0.2, 0.25) is 5.91 Å². The van der Waals surface area contributed by atoms with Crippen LogP contribution < -0.4 is 4.74 Å². The van der Waals surface area contributed by atoms with Crippen LogP contribution in [0.3, 0.4) is 0 Å². The third-order valence-corrected chi connectivity index (χ3v) is 8.13. The molecule has 7 heteroatoms. The predicted octanol–water partition coefficient (Wildman–Crippen LogP) is 5.83. The van der Waals surface area contributed by atoms with Crippen LogP contribution in [0.4, 0.5) is 0 Å². The number of amides is 2. The van der Waals surface area contributed by atoms with Crippen molar-refractivity contribution in [1.82, 2.24) is 9.80 Å². The molecule has 1 aliphatic heterocycles. The molecule has 2 amide bonds. The molecule has 2 aromatic carbocycles. The normalized spacial score (nSPS) is 17.1. The van der Waals surface area contributed by atoms with E-state index in [1.54, 1.807) is 40.5 Å². The smallest absolute Gasteiger partial charge is 0.256 e. The highest BCUT2D eigenvalue weighted by Gasteiger charge is 2.38. The van der Waals surface area contributed by atoms with Gasteiger partial charge in [0.15, 0.2) is 0 Å². The molecule has 0 radical (unpaired) electrons. The van der Waals surface area contributed by atoms with E-state index >= 15 is 0 Å². The maximum absolute atomic E-state index is 13.7. The van der Waals surface area contributed by atoms with E-state index in [1.807, 2.05) is 24.0 Å². The SMILES string of the molecule is Cc1ccc(OC[C@H]2c3ccsc3CCN2C(=O)CN(C(=O)c2ccccc2Cl)C2CC2)c(C)c1. The van der Waals surface area contributed by atoms with E-state index in [0.29, 0.717) is 23.7 Å². The number of thiophene rings is 1. The Balaban J connectivity index is 1.36. The maximum atomic E-state index is 13.7. The minimum Gasteiger partial charge on any atom is -0.491 e. The van der Waals surface area contributed by atoms with E-state index in [-0.39, 0.29) is 30.4 Å². The molecule has 1 fully saturated rings. The van der Waals surface area contributed by atoms with Gasteiger partial charge in [-0.25, -0.2) is 0 Å². The van der Waals surface area contributed by atoms with Gasteiger partial charge in [-0.2, -0.15) is 0 Å². The zero-order valence-electron chi connectivity index (χ0n) is 20.0. The van der Waals surface area contributed by atoms with Crippen LogP contribution >= 0.6 is 22.9 Å². The highest BCUT2D eigenvalue weighted by atomic mass is 35.5. The largest absolute Gasteiger partial charge is 0.491 e. The van der Waals surface area contributed by atoms with Gasteiger partial charge in [-0.05, 0) is 73.9 Å². The number of carbonyl (C=O) groups excluding carboxylic acids is 2. The summed E-state index contributed by atoms with van der Waals surface area (Å²) >= 11 is 8.03. The van der Waals surface area contributed by atoms with Gasteiger partial charge in [0.25, 0.3) is 5.91 Å². The van der Waals surface area contributed by atoms with Crippen molar-refractivity contribution in [2.45, 2.75) is 45.2 Å². The lowest BCUT2D eigenvalue weighted by Gasteiger charge is -2.37. The zero-order chi connectivity index (χ0) is 24.5. The maximum Gasteiger partial charge on any atom is 0.256 e. The van der Waals surface area contributed by atoms with Gasteiger partial charge in [0, 0.05) is 17.5 Å². The van der Waals surface area contributed by atoms with Crippen LogP contribution in [0.15, 0.2) is 53.9 Å². The minimum absolute atomic E-state index is 0.0499. The third kappa shape index (κ3) is 5.09. The highest BCUT2D eigenvalue weighted by Crippen LogP contribution is 2.35. The molecular formula is C28H29ClN2O3S. The van der Waals surface area contributed by atoms with Crippen molar-refractivity contribution in [1.29, 1.82) is 0 Å². The Hall–Kier alpha value is -2.83. The van der Waals surface area contributed by atoms with Gasteiger partial charge in [-0.1, -0.05) is 41.4 Å². The third-order valence-electron chi connectivity index (χ3n) is 6.80. The summed E-state index contributed by atoms with van der Waals surface area (Å²) in [5, 5.41) is 2.50. The van der Waals surface area contributed by atoms with Gasteiger partial charge in [0.1, 0.15) is 18.9 Å². The molecule has 182 valence electrons. The van der Waals surface area contributed by atoms with Crippen LogP contribution in [-0.2, 0) is 11.2 Å². The number of benzene rings is 2. The summed E-state index contributed by atoms with van der Waals surface area (Å²) in [6, 6.07) is 15.2.